The lowest BCUT2D eigenvalue weighted by molar-refractivity contribution is -0.125. The quantitative estimate of drug-likeness (QED) is 0.765. The van der Waals surface area contributed by atoms with Crippen molar-refractivity contribution in [2.24, 2.45) is 0 Å². The highest BCUT2D eigenvalue weighted by Gasteiger charge is 2.06. The molecule has 0 N–H and O–H groups in total. The minimum absolute atomic E-state index is 0.0436. The normalized spacial score (nSPS) is 10.0. The summed E-state index contributed by atoms with van der Waals surface area (Å²) >= 11 is 0. The molecule has 0 aromatic heterocycles. The maximum atomic E-state index is 11.9. The number of carbonyl (C=O) groups is 1. The molecule has 0 fully saturated rings. The van der Waals surface area contributed by atoms with Crippen molar-refractivity contribution >= 4 is 5.91 Å². The highest BCUT2D eigenvalue weighted by molar-refractivity contribution is 5.87. The fraction of sp³-hybridized carbons (Fsp3) is 0.211. The van der Waals surface area contributed by atoms with Crippen LogP contribution in [-0.2, 0) is 11.3 Å². The molecule has 108 valence electrons. The second-order valence-corrected chi connectivity index (χ2v) is 5.48. The molecular weight excluding hydrogens is 258 g/mol. The van der Waals surface area contributed by atoms with E-state index in [2.05, 4.69) is 36.4 Å². The third kappa shape index (κ3) is 4.32. The average molecular weight is 279 g/mol. The van der Waals surface area contributed by atoms with E-state index in [9.17, 15) is 4.79 Å². The van der Waals surface area contributed by atoms with Gasteiger partial charge in [0, 0.05) is 19.7 Å². The summed E-state index contributed by atoms with van der Waals surface area (Å²) in [6.45, 7) is 4.48. The lowest BCUT2D eigenvalue weighted by Crippen LogP contribution is -2.24. The molecular formula is C19H21NO. The van der Waals surface area contributed by atoms with Gasteiger partial charge in [-0.05, 0) is 30.5 Å². The fourth-order valence-electron chi connectivity index (χ4n) is 2.14. The highest BCUT2D eigenvalue weighted by Crippen LogP contribution is 2.19. The van der Waals surface area contributed by atoms with Gasteiger partial charge in [-0.2, -0.15) is 0 Å². The molecule has 0 aliphatic carbocycles. The number of hydrogen-bond donors (Lipinski definition) is 0. The Bertz CT molecular complexity index is 622. The number of likely N-dealkylation sites (N-methyl/N-ethyl adjacent to an activating group) is 1. The third-order valence-electron chi connectivity index (χ3n) is 3.27. The Morgan fingerprint density at radius 2 is 1.52 bits per heavy atom. The van der Waals surface area contributed by atoms with Crippen molar-refractivity contribution in [2.75, 3.05) is 7.05 Å². The number of hydrogen-bond acceptors (Lipinski definition) is 1. The van der Waals surface area contributed by atoms with E-state index in [1.165, 1.54) is 11.1 Å². The molecule has 0 radical (unpaired) electrons. The van der Waals surface area contributed by atoms with Crippen LogP contribution >= 0.6 is 0 Å². The number of rotatable bonds is 4. The first-order valence-corrected chi connectivity index (χ1v) is 7.10. The number of nitrogens with zero attached hydrogens (tertiary/aromatic N) is 1. The van der Waals surface area contributed by atoms with E-state index in [4.69, 9.17) is 0 Å². The number of benzene rings is 2. The molecule has 0 atom stereocenters. The molecule has 0 saturated carbocycles. The predicted octanol–water partition coefficient (Wildman–Crippen LogP) is 4.28. The fourth-order valence-corrected chi connectivity index (χ4v) is 2.14. The zero-order valence-corrected chi connectivity index (χ0v) is 12.8. The van der Waals surface area contributed by atoms with Crippen LogP contribution in [0.25, 0.3) is 11.1 Å². The second kappa shape index (κ2) is 6.89. The van der Waals surface area contributed by atoms with Gasteiger partial charge < -0.3 is 4.90 Å². The van der Waals surface area contributed by atoms with Gasteiger partial charge in [0.25, 0.3) is 0 Å². The second-order valence-electron chi connectivity index (χ2n) is 5.48. The van der Waals surface area contributed by atoms with E-state index in [0.717, 1.165) is 11.1 Å². The first kappa shape index (κ1) is 15.0. The van der Waals surface area contributed by atoms with E-state index < -0.39 is 0 Å². The summed E-state index contributed by atoms with van der Waals surface area (Å²) in [6.07, 6.45) is 1.67. The molecule has 2 nitrogen and oxygen atoms in total. The van der Waals surface area contributed by atoms with E-state index in [0.29, 0.717) is 6.54 Å². The molecule has 0 saturated heterocycles. The third-order valence-corrected chi connectivity index (χ3v) is 3.27. The van der Waals surface area contributed by atoms with Gasteiger partial charge in [0.1, 0.15) is 0 Å². The van der Waals surface area contributed by atoms with Gasteiger partial charge in [-0.25, -0.2) is 0 Å². The smallest absolute Gasteiger partial charge is 0.246 e. The topological polar surface area (TPSA) is 20.3 Å². The van der Waals surface area contributed by atoms with Gasteiger partial charge in [-0.3, -0.25) is 4.79 Å². The van der Waals surface area contributed by atoms with Crippen LogP contribution in [0.15, 0.2) is 66.2 Å². The van der Waals surface area contributed by atoms with Crippen LogP contribution in [-0.4, -0.2) is 17.9 Å². The summed E-state index contributed by atoms with van der Waals surface area (Å²) in [7, 11) is 1.83. The lowest BCUT2D eigenvalue weighted by Gasteiger charge is -2.16. The van der Waals surface area contributed by atoms with Crippen molar-refractivity contribution in [2.45, 2.75) is 20.4 Å². The number of carbonyl (C=O) groups excluding carboxylic acids is 1. The van der Waals surface area contributed by atoms with Crippen molar-refractivity contribution in [1.29, 1.82) is 0 Å². The molecule has 21 heavy (non-hydrogen) atoms. The van der Waals surface area contributed by atoms with Crippen LogP contribution in [0, 0.1) is 0 Å². The zero-order chi connectivity index (χ0) is 15.2. The van der Waals surface area contributed by atoms with Crippen LogP contribution in [0.5, 0.6) is 0 Å². The zero-order valence-electron chi connectivity index (χ0n) is 12.8. The lowest BCUT2D eigenvalue weighted by atomic mass is 10.0. The maximum absolute atomic E-state index is 11.9. The van der Waals surface area contributed by atoms with Gasteiger partial charge in [-0.1, -0.05) is 60.2 Å². The SMILES string of the molecule is CC(C)=CC(=O)N(C)Cc1ccc(-c2ccccc2)cc1. The summed E-state index contributed by atoms with van der Waals surface area (Å²) in [4.78, 5) is 13.6. The summed E-state index contributed by atoms with van der Waals surface area (Å²) < 4.78 is 0. The largest absolute Gasteiger partial charge is 0.338 e. The van der Waals surface area contributed by atoms with Gasteiger partial charge in [0.15, 0.2) is 0 Å². The summed E-state index contributed by atoms with van der Waals surface area (Å²) in [5.41, 5.74) is 4.55. The number of allylic oxidation sites excluding steroid dienone is 1. The van der Waals surface area contributed by atoms with E-state index in [1.54, 1.807) is 11.0 Å². The molecule has 0 aliphatic rings. The van der Waals surface area contributed by atoms with Crippen LogP contribution in [0.1, 0.15) is 19.4 Å². The van der Waals surface area contributed by atoms with Gasteiger partial charge >= 0.3 is 0 Å². The Balaban J connectivity index is 2.06. The van der Waals surface area contributed by atoms with Crippen LogP contribution in [0.4, 0.5) is 0 Å². The molecule has 0 bridgehead atoms. The van der Waals surface area contributed by atoms with Crippen LogP contribution in [0.2, 0.25) is 0 Å². The van der Waals surface area contributed by atoms with Gasteiger partial charge in [0.05, 0.1) is 0 Å². The van der Waals surface area contributed by atoms with Crippen molar-refractivity contribution in [1.82, 2.24) is 4.90 Å². The Morgan fingerprint density at radius 1 is 0.952 bits per heavy atom. The molecule has 0 heterocycles. The molecule has 2 rings (SSSR count). The molecule has 2 aromatic rings. The molecule has 0 spiro atoms. The van der Waals surface area contributed by atoms with Gasteiger partial charge in [-0.15, -0.1) is 0 Å². The highest BCUT2D eigenvalue weighted by atomic mass is 16.2. The van der Waals surface area contributed by atoms with Crippen LogP contribution in [0.3, 0.4) is 0 Å². The van der Waals surface area contributed by atoms with Crippen molar-refractivity contribution in [3.8, 4) is 11.1 Å². The molecule has 2 heteroatoms. The first-order chi connectivity index (χ1) is 10.1. The van der Waals surface area contributed by atoms with E-state index >= 15 is 0 Å². The van der Waals surface area contributed by atoms with E-state index in [-0.39, 0.29) is 5.91 Å². The van der Waals surface area contributed by atoms with Crippen molar-refractivity contribution in [3.63, 3.8) is 0 Å². The minimum atomic E-state index is 0.0436. The predicted molar refractivity (Wildman–Crippen MR) is 87.8 cm³/mol. The van der Waals surface area contributed by atoms with E-state index in [1.807, 2.05) is 39.1 Å². The Labute approximate surface area is 126 Å². The molecule has 0 unspecified atom stereocenters. The molecule has 1 amide bonds. The summed E-state index contributed by atoms with van der Waals surface area (Å²) in [5, 5.41) is 0. The van der Waals surface area contributed by atoms with Gasteiger partial charge in [0.2, 0.25) is 5.91 Å². The molecule has 2 aromatic carbocycles. The monoisotopic (exact) mass is 279 g/mol. The maximum Gasteiger partial charge on any atom is 0.246 e. The average Bonchev–Trinajstić information content (AvgIpc) is 2.48. The standard InChI is InChI=1S/C19H21NO/c1-15(2)13-19(21)20(3)14-16-9-11-18(12-10-16)17-7-5-4-6-8-17/h4-13H,14H2,1-3H3. The van der Waals surface area contributed by atoms with Crippen molar-refractivity contribution < 1.29 is 4.79 Å². The number of amides is 1. The summed E-state index contributed by atoms with van der Waals surface area (Å²) in [5.74, 6) is 0.0436. The van der Waals surface area contributed by atoms with Crippen molar-refractivity contribution in [3.05, 3.63) is 71.8 Å². The minimum Gasteiger partial charge on any atom is -0.338 e. The van der Waals surface area contributed by atoms with Crippen LogP contribution < -0.4 is 0 Å². The Kier molecular flexibility index (Phi) is 4.94. The Hall–Kier alpha value is -2.35. The first-order valence-electron chi connectivity index (χ1n) is 7.10. The Morgan fingerprint density at radius 3 is 2.10 bits per heavy atom. The summed E-state index contributed by atoms with van der Waals surface area (Å²) in [6, 6.07) is 18.6. The molecule has 0 aliphatic heterocycles.